The van der Waals surface area contributed by atoms with Crippen LogP contribution >= 0.6 is 11.8 Å². The predicted molar refractivity (Wildman–Crippen MR) is 106 cm³/mol. The smallest absolute Gasteiger partial charge is 0.293 e. The van der Waals surface area contributed by atoms with Crippen LogP contribution in [-0.4, -0.2) is 40.2 Å². The van der Waals surface area contributed by atoms with Crippen LogP contribution in [0.2, 0.25) is 0 Å². The van der Waals surface area contributed by atoms with Gasteiger partial charge in [0.25, 0.3) is 11.1 Å². The Hall–Kier alpha value is -2.94. The van der Waals surface area contributed by atoms with Gasteiger partial charge in [-0.3, -0.25) is 19.3 Å². The molecular formula is C20H20FN3O4S. The van der Waals surface area contributed by atoms with Gasteiger partial charge in [-0.15, -0.1) is 0 Å². The van der Waals surface area contributed by atoms with Crippen LogP contribution in [0.15, 0.2) is 33.7 Å². The first-order valence-electron chi connectivity index (χ1n) is 9.05. The molecule has 1 aliphatic rings. The van der Waals surface area contributed by atoms with E-state index in [9.17, 15) is 18.8 Å². The van der Waals surface area contributed by atoms with Crippen molar-refractivity contribution in [3.8, 4) is 0 Å². The van der Waals surface area contributed by atoms with Gasteiger partial charge in [0.2, 0.25) is 5.91 Å². The number of halogens is 1. The van der Waals surface area contributed by atoms with Crippen LogP contribution in [-0.2, 0) is 16.0 Å². The van der Waals surface area contributed by atoms with Crippen molar-refractivity contribution in [1.82, 2.24) is 15.4 Å². The third kappa shape index (κ3) is 4.92. The zero-order chi connectivity index (χ0) is 21.0. The van der Waals surface area contributed by atoms with Crippen molar-refractivity contribution in [2.45, 2.75) is 26.7 Å². The van der Waals surface area contributed by atoms with E-state index in [1.807, 2.05) is 6.92 Å². The van der Waals surface area contributed by atoms with E-state index >= 15 is 0 Å². The number of imide groups is 1. The van der Waals surface area contributed by atoms with Crippen LogP contribution in [0, 0.1) is 19.7 Å². The summed E-state index contributed by atoms with van der Waals surface area (Å²) >= 11 is 0.758. The van der Waals surface area contributed by atoms with Gasteiger partial charge in [-0.1, -0.05) is 23.4 Å². The normalized spacial score (nSPS) is 15.4. The number of nitrogens with one attached hydrogen (secondary N) is 1. The van der Waals surface area contributed by atoms with Crippen LogP contribution < -0.4 is 5.32 Å². The predicted octanol–water partition coefficient (Wildman–Crippen LogP) is 3.22. The number of aryl methyl sites for hydroxylation is 2. The number of benzene rings is 1. The fourth-order valence-corrected chi connectivity index (χ4v) is 3.77. The fourth-order valence-electron chi connectivity index (χ4n) is 2.92. The average molecular weight is 417 g/mol. The van der Waals surface area contributed by atoms with Crippen LogP contribution in [0.5, 0.6) is 0 Å². The number of nitrogens with zero attached hydrogens (tertiary/aromatic N) is 2. The average Bonchev–Trinajstić information content (AvgIpc) is 3.14. The highest BCUT2D eigenvalue weighted by Gasteiger charge is 2.34. The lowest BCUT2D eigenvalue weighted by atomic mass is 10.1. The Balaban J connectivity index is 1.50. The van der Waals surface area contributed by atoms with Crippen molar-refractivity contribution in [3.63, 3.8) is 0 Å². The second kappa shape index (κ2) is 9.04. The molecule has 2 heterocycles. The van der Waals surface area contributed by atoms with E-state index in [4.69, 9.17) is 4.52 Å². The van der Waals surface area contributed by atoms with Gasteiger partial charge >= 0.3 is 0 Å². The van der Waals surface area contributed by atoms with Crippen LogP contribution in [0.1, 0.15) is 29.0 Å². The van der Waals surface area contributed by atoms with Crippen molar-refractivity contribution in [2.24, 2.45) is 0 Å². The zero-order valence-electron chi connectivity index (χ0n) is 16.0. The second-order valence-corrected chi connectivity index (χ2v) is 7.50. The number of hydrogen-bond donors (Lipinski definition) is 1. The number of hydrogen-bond acceptors (Lipinski definition) is 6. The molecule has 0 radical (unpaired) electrons. The molecule has 152 valence electrons. The second-order valence-electron chi connectivity index (χ2n) is 6.51. The van der Waals surface area contributed by atoms with E-state index in [1.54, 1.807) is 19.1 Å². The molecule has 1 saturated heterocycles. The molecule has 0 aliphatic carbocycles. The molecule has 0 unspecified atom stereocenters. The third-order valence-electron chi connectivity index (χ3n) is 4.51. The van der Waals surface area contributed by atoms with Crippen molar-refractivity contribution in [1.29, 1.82) is 0 Å². The molecule has 0 atom stereocenters. The van der Waals surface area contributed by atoms with E-state index in [2.05, 4.69) is 10.5 Å². The summed E-state index contributed by atoms with van der Waals surface area (Å²) in [5.74, 6) is -0.466. The minimum atomic E-state index is -0.492. The number of thioether (sulfide) groups is 1. The van der Waals surface area contributed by atoms with Crippen molar-refractivity contribution in [3.05, 3.63) is 57.6 Å². The molecule has 29 heavy (non-hydrogen) atoms. The first-order valence-corrected chi connectivity index (χ1v) is 9.87. The summed E-state index contributed by atoms with van der Waals surface area (Å²) in [5.41, 5.74) is 1.91. The summed E-state index contributed by atoms with van der Waals surface area (Å²) in [6.07, 6.45) is 2.11. The summed E-state index contributed by atoms with van der Waals surface area (Å²) < 4.78 is 18.8. The lowest BCUT2D eigenvalue weighted by molar-refractivity contribution is -0.124. The molecule has 0 spiro atoms. The molecule has 1 aromatic carbocycles. The highest BCUT2D eigenvalue weighted by Crippen LogP contribution is 2.32. The van der Waals surface area contributed by atoms with Crippen molar-refractivity contribution in [2.75, 3.05) is 13.1 Å². The Bertz CT molecular complexity index is 966. The van der Waals surface area contributed by atoms with Gasteiger partial charge < -0.3 is 9.84 Å². The zero-order valence-corrected chi connectivity index (χ0v) is 16.8. The maximum Gasteiger partial charge on any atom is 0.293 e. The SMILES string of the molecule is Cc1noc(C)c1CCC(=O)NCCN1C(=O)S/C(=C\c2ccccc2F)C1=O. The third-order valence-corrected chi connectivity index (χ3v) is 5.41. The molecule has 0 bridgehead atoms. The van der Waals surface area contributed by atoms with E-state index in [-0.39, 0.29) is 35.9 Å². The topological polar surface area (TPSA) is 92.5 Å². The molecule has 1 aromatic heterocycles. The lowest BCUT2D eigenvalue weighted by Gasteiger charge is -2.13. The number of carbonyl (C=O) groups excluding carboxylic acids is 3. The Morgan fingerprint density at radius 3 is 2.76 bits per heavy atom. The maximum atomic E-state index is 13.8. The Morgan fingerprint density at radius 1 is 1.31 bits per heavy atom. The van der Waals surface area contributed by atoms with Gasteiger partial charge in [-0.05, 0) is 44.2 Å². The molecular weight excluding hydrogens is 397 g/mol. The first kappa shape index (κ1) is 20.8. The quantitative estimate of drug-likeness (QED) is 0.696. The van der Waals surface area contributed by atoms with Gasteiger partial charge in [0.1, 0.15) is 11.6 Å². The van der Waals surface area contributed by atoms with E-state index in [0.29, 0.717) is 12.2 Å². The van der Waals surface area contributed by atoms with Crippen molar-refractivity contribution < 1.29 is 23.3 Å². The molecule has 3 amide bonds. The van der Waals surface area contributed by atoms with Crippen LogP contribution in [0.3, 0.4) is 0 Å². The summed E-state index contributed by atoms with van der Waals surface area (Å²) in [7, 11) is 0. The number of aromatic nitrogens is 1. The highest BCUT2D eigenvalue weighted by atomic mass is 32.2. The van der Waals surface area contributed by atoms with Gasteiger partial charge in [0, 0.05) is 30.6 Å². The number of amides is 3. The minimum absolute atomic E-state index is 0.0519. The van der Waals surface area contributed by atoms with E-state index in [0.717, 1.165) is 27.9 Å². The minimum Gasteiger partial charge on any atom is -0.361 e. The first-order chi connectivity index (χ1) is 13.9. The summed E-state index contributed by atoms with van der Waals surface area (Å²) in [6, 6.07) is 6.01. The van der Waals surface area contributed by atoms with Gasteiger partial charge in [-0.2, -0.15) is 0 Å². The van der Waals surface area contributed by atoms with E-state index in [1.165, 1.54) is 18.2 Å². The van der Waals surface area contributed by atoms with Crippen LogP contribution in [0.4, 0.5) is 9.18 Å². The van der Waals surface area contributed by atoms with Gasteiger partial charge in [0.15, 0.2) is 0 Å². The molecule has 7 nitrogen and oxygen atoms in total. The molecule has 2 aromatic rings. The number of rotatable bonds is 7. The lowest BCUT2D eigenvalue weighted by Crippen LogP contribution is -2.37. The summed E-state index contributed by atoms with van der Waals surface area (Å²) in [5, 5.41) is 6.11. The highest BCUT2D eigenvalue weighted by molar-refractivity contribution is 8.18. The van der Waals surface area contributed by atoms with Gasteiger partial charge in [0.05, 0.1) is 10.6 Å². The molecule has 9 heteroatoms. The maximum absolute atomic E-state index is 13.8. The van der Waals surface area contributed by atoms with E-state index < -0.39 is 17.0 Å². The monoisotopic (exact) mass is 417 g/mol. The molecule has 1 fully saturated rings. The molecule has 1 aliphatic heterocycles. The summed E-state index contributed by atoms with van der Waals surface area (Å²) in [6.45, 7) is 3.81. The Labute approximate surface area is 171 Å². The largest absolute Gasteiger partial charge is 0.361 e. The Kier molecular flexibility index (Phi) is 6.48. The molecule has 3 rings (SSSR count). The standard InChI is InChI=1S/C20H20FN3O4S/c1-12-15(13(2)28-23-12)7-8-18(25)22-9-10-24-19(26)17(29-20(24)27)11-14-5-3-4-6-16(14)21/h3-6,11H,7-10H2,1-2H3,(H,22,25)/b17-11-. The van der Waals surface area contributed by atoms with Gasteiger partial charge in [-0.25, -0.2) is 4.39 Å². The number of carbonyl (C=O) groups is 3. The molecule has 0 saturated carbocycles. The fraction of sp³-hybridized carbons (Fsp3) is 0.300. The molecule has 1 N–H and O–H groups in total. The Morgan fingerprint density at radius 2 is 2.07 bits per heavy atom. The van der Waals surface area contributed by atoms with Crippen molar-refractivity contribution >= 4 is 34.9 Å². The summed E-state index contributed by atoms with van der Waals surface area (Å²) in [4.78, 5) is 37.8. The van der Waals surface area contributed by atoms with Crippen LogP contribution in [0.25, 0.3) is 6.08 Å².